The van der Waals surface area contributed by atoms with Crippen LogP contribution in [0.5, 0.6) is 0 Å². The summed E-state index contributed by atoms with van der Waals surface area (Å²) >= 11 is 1.22. The molecule has 1 atom stereocenters. The fourth-order valence-corrected chi connectivity index (χ4v) is 1.87. The molecule has 0 heterocycles. The highest BCUT2D eigenvalue weighted by Gasteiger charge is 2.26. The first-order valence-corrected chi connectivity index (χ1v) is 6.10. The maximum Gasteiger partial charge on any atom is 0.348 e. The highest BCUT2D eigenvalue weighted by Crippen LogP contribution is 2.25. The number of ether oxygens (including phenoxy) is 1. The van der Waals surface area contributed by atoms with Crippen LogP contribution in [-0.2, 0) is 14.4 Å². The fourth-order valence-electron chi connectivity index (χ4n) is 1.10. The molecule has 0 amide bonds. The number of hydrogen-bond donors (Lipinski definition) is 1. The van der Waals surface area contributed by atoms with Crippen molar-refractivity contribution in [3.05, 3.63) is 30.3 Å². The molecular formula is C12H17NO3S. The second-order valence-corrected chi connectivity index (χ2v) is 5.57. The summed E-state index contributed by atoms with van der Waals surface area (Å²) in [6.07, 6.45) is 0. The fraction of sp³-hybridized carbons (Fsp3) is 0.417. The third kappa shape index (κ3) is 5.21. The SMILES string of the molecule is CC(C)(C)OC(=O)C(ON)Sc1ccccc1. The van der Waals surface area contributed by atoms with E-state index in [0.717, 1.165) is 4.90 Å². The van der Waals surface area contributed by atoms with Crippen LogP contribution in [0.1, 0.15) is 20.8 Å². The summed E-state index contributed by atoms with van der Waals surface area (Å²) in [5, 5.41) is 0. The summed E-state index contributed by atoms with van der Waals surface area (Å²) in [6, 6.07) is 9.41. The van der Waals surface area contributed by atoms with Crippen molar-refractivity contribution >= 4 is 17.7 Å². The molecule has 4 nitrogen and oxygen atoms in total. The van der Waals surface area contributed by atoms with Crippen molar-refractivity contribution in [2.24, 2.45) is 5.90 Å². The standard InChI is InChI=1S/C12H17NO3S/c1-12(2,3)15-10(14)11(16-13)17-9-7-5-4-6-8-9/h4-8,11H,13H2,1-3H3. The van der Waals surface area contributed by atoms with Gasteiger partial charge >= 0.3 is 5.97 Å². The molecule has 0 aliphatic heterocycles. The van der Waals surface area contributed by atoms with E-state index in [9.17, 15) is 4.79 Å². The van der Waals surface area contributed by atoms with Crippen molar-refractivity contribution in [3.63, 3.8) is 0 Å². The quantitative estimate of drug-likeness (QED) is 0.387. The van der Waals surface area contributed by atoms with Gasteiger partial charge in [-0.2, -0.15) is 0 Å². The lowest BCUT2D eigenvalue weighted by Gasteiger charge is -2.22. The average Bonchev–Trinajstić information content (AvgIpc) is 2.24. The van der Waals surface area contributed by atoms with Crippen molar-refractivity contribution in [2.75, 3.05) is 0 Å². The zero-order chi connectivity index (χ0) is 12.9. The Morgan fingerprint density at radius 1 is 1.29 bits per heavy atom. The Kier molecular flexibility index (Phi) is 4.99. The number of rotatable bonds is 4. The van der Waals surface area contributed by atoms with Crippen molar-refractivity contribution in [1.82, 2.24) is 0 Å². The van der Waals surface area contributed by atoms with Crippen LogP contribution in [0.2, 0.25) is 0 Å². The Morgan fingerprint density at radius 2 is 1.88 bits per heavy atom. The molecular weight excluding hydrogens is 238 g/mol. The lowest BCUT2D eigenvalue weighted by atomic mass is 10.2. The minimum Gasteiger partial charge on any atom is -0.457 e. The average molecular weight is 255 g/mol. The number of thioether (sulfide) groups is 1. The summed E-state index contributed by atoms with van der Waals surface area (Å²) in [5.41, 5.74) is -1.40. The third-order valence-corrected chi connectivity index (χ3v) is 2.77. The molecule has 0 spiro atoms. The molecule has 0 aliphatic carbocycles. The monoisotopic (exact) mass is 255 g/mol. The van der Waals surface area contributed by atoms with Gasteiger partial charge in [0, 0.05) is 4.90 Å². The van der Waals surface area contributed by atoms with Crippen molar-refractivity contribution in [3.8, 4) is 0 Å². The van der Waals surface area contributed by atoms with Gasteiger partial charge in [0.25, 0.3) is 0 Å². The number of benzene rings is 1. The maximum absolute atomic E-state index is 11.7. The third-order valence-electron chi connectivity index (χ3n) is 1.71. The van der Waals surface area contributed by atoms with E-state index in [2.05, 4.69) is 4.84 Å². The number of carbonyl (C=O) groups is 1. The molecule has 0 radical (unpaired) electrons. The molecule has 0 saturated carbocycles. The molecule has 1 unspecified atom stereocenters. The molecule has 17 heavy (non-hydrogen) atoms. The van der Waals surface area contributed by atoms with E-state index in [1.807, 2.05) is 30.3 Å². The largest absolute Gasteiger partial charge is 0.457 e. The van der Waals surface area contributed by atoms with E-state index in [4.69, 9.17) is 10.6 Å². The van der Waals surface area contributed by atoms with Crippen LogP contribution in [0.15, 0.2) is 35.2 Å². The zero-order valence-electron chi connectivity index (χ0n) is 10.2. The molecule has 1 aromatic rings. The smallest absolute Gasteiger partial charge is 0.348 e. The summed E-state index contributed by atoms with van der Waals surface area (Å²) in [7, 11) is 0. The molecule has 0 saturated heterocycles. The Morgan fingerprint density at radius 3 is 2.35 bits per heavy atom. The van der Waals surface area contributed by atoms with Crippen LogP contribution < -0.4 is 5.90 Å². The first-order chi connectivity index (χ1) is 7.92. The molecule has 1 rings (SSSR count). The van der Waals surface area contributed by atoms with Gasteiger partial charge in [-0.1, -0.05) is 30.0 Å². The van der Waals surface area contributed by atoms with E-state index in [-0.39, 0.29) is 0 Å². The van der Waals surface area contributed by atoms with Gasteiger partial charge in [0.1, 0.15) is 5.60 Å². The van der Waals surface area contributed by atoms with Gasteiger partial charge in [-0.15, -0.1) is 0 Å². The Bertz CT molecular complexity index is 362. The van der Waals surface area contributed by atoms with Crippen LogP contribution in [0, 0.1) is 0 Å². The zero-order valence-corrected chi connectivity index (χ0v) is 11.0. The molecule has 0 aliphatic rings. The van der Waals surface area contributed by atoms with Gasteiger partial charge in [-0.25, -0.2) is 10.7 Å². The van der Waals surface area contributed by atoms with E-state index in [0.29, 0.717) is 0 Å². The van der Waals surface area contributed by atoms with Crippen LogP contribution in [-0.4, -0.2) is 17.0 Å². The molecule has 2 N–H and O–H groups in total. The molecule has 1 aromatic carbocycles. The van der Waals surface area contributed by atoms with E-state index >= 15 is 0 Å². The Hall–Kier alpha value is -1.04. The summed E-state index contributed by atoms with van der Waals surface area (Å²) in [6.45, 7) is 5.39. The topological polar surface area (TPSA) is 61.5 Å². The second-order valence-electron chi connectivity index (χ2n) is 4.43. The van der Waals surface area contributed by atoms with Gasteiger partial charge in [-0.3, -0.25) is 4.84 Å². The van der Waals surface area contributed by atoms with E-state index < -0.39 is 17.0 Å². The van der Waals surface area contributed by atoms with Gasteiger partial charge in [-0.05, 0) is 32.9 Å². The summed E-state index contributed by atoms with van der Waals surface area (Å²) in [4.78, 5) is 17.3. The van der Waals surface area contributed by atoms with Gasteiger partial charge < -0.3 is 4.74 Å². The van der Waals surface area contributed by atoms with Crippen molar-refractivity contribution in [1.29, 1.82) is 0 Å². The maximum atomic E-state index is 11.7. The highest BCUT2D eigenvalue weighted by molar-refractivity contribution is 8.00. The molecule has 0 aromatic heterocycles. The second kappa shape index (κ2) is 6.05. The minimum atomic E-state index is -0.850. The molecule has 0 fully saturated rings. The molecule has 0 bridgehead atoms. The lowest BCUT2D eigenvalue weighted by Crippen LogP contribution is -2.33. The Labute approximate surface area is 105 Å². The lowest BCUT2D eigenvalue weighted by molar-refractivity contribution is -0.162. The van der Waals surface area contributed by atoms with Crippen LogP contribution in [0.25, 0.3) is 0 Å². The summed E-state index contributed by atoms with van der Waals surface area (Å²) < 4.78 is 5.20. The minimum absolute atomic E-state index is 0.478. The summed E-state index contributed by atoms with van der Waals surface area (Å²) in [5.74, 6) is 4.64. The van der Waals surface area contributed by atoms with Crippen LogP contribution in [0.3, 0.4) is 0 Å². The van der Waals surface area contributed by atoms with E-state index in [1.54, 1.807) is 20.8 Å². The van der Waals surface area contributed by atoms with Crippen LogP contribution in [0.4, 0.5) is 0 Å². The molecule has 94 valence electrons. The van der Waals surface area contributed by atoms with Gasteiger partial charge in [0.2, 0.25) is 5.44 Å². The highest BCUT2D eigenvalue weighted by atomic mass is 32.2. The van der Waals surface area contributed by atoms with Gasteiger partial charge in [0.15, 0.2) is 0 Å². The predicted molar refractivity (Wildman–Crippen MR) is 67.2 cm³/mol. The van der Waals surface area contributed by atoms with E-state index in [1.165, 1.54) is 11.8 Å². The number of esters is 1. The number of carbonyl (C=O) groups excluding carboxylic acids is 1. The van der Waals surface area contributed by atoms with Crippen molar-refractivity contribution < 1.29 is 14.4 Å². The van der Waals surface area contributed by atoms with Gasteiger partial charge in [0.05, 0.1) is 0 Å². The number of nitrogens with two attached hydrogens (primary N) is 1. The first-order valence-electron chi connectivity index (χ1n) is 5.22. The van der Waals surface area contributed by atoms with Crippen molar-refractivity contribution in [2.45, 2.75) is 36.7 Å². The molecule has 5 heteroatoms. The van der Waals surface area contributed by atoms with Crippen LogP contribution >= 0.6 is 11.8 Å². The first kappa shape index (κ1) is 14.0. The number of hydrogen-bond acceptors (Lipinski definition) is 5. The predicted octanol–water partition coefficient (Wildman–Crippen LogP) is 2.34. The normalized spacial score (nSPS) is 13.2. The Balaban J connectivity index is 2.63.